The molecule has 0 aliphatic heterocycles. The minimum Gasteiger partial charge on any atom is -0.478 e. The highest BCUT2D eigenvalue weighted by atomic mass is 16.4. The van der Waals surface area contributed by atoms with E-state index in [2.05, 4.69) is 5.32 Å². The molecular formula is C20H17NO2. The van der Waals surface area contributed by atoms with Gasteiger partial charge in [-0.15, -0.1) is 0 Å². The average molecular weight is 303 g/mol. The molecule has 0 heterocycles. The van der Waals surface area contributed by atoms with E-state index in [1.165, 1.54) is 0 Å². The fourth-order valence-electron chi connectivity index (χ4n) is 2.57. The highest BCUT2D eigenvalue weighted by molar-refractivity contribution is 5.92. The third-order valence-corrected chi connectivity index (χ3v) is 3.68. The molecule has 3 aromatic carbocycles. The van der Waals surface area contributed by atoms with Crippen LogP contribution in [0.2, 0.25) is 0 Å². The molecule has 0 radical (unpaired) electrons. The molecule has 3 heteroatoms. The van der Waals surface area contributed by atoms with E-state index in [-0.39, 0.29) is 0 Å². The van der Waals surface area contributed by atoms with Crippen LogP contribution in [0.3, 0.4) is 0 Å². The van der Waals surface area contributed by atoms with Crippen LogP contribution in [0.25, 0.3) is 0 Å². The number of nitrogens with one attached hydrogen (secondary N) is 1. The van der Waals surface area contributed by atoms with Crippen molar-refractivity contribution in [2.75, 3.05) is 5.32 Å². The van der Waals surface area contributed by atoms with Gasteiger partial charge in [-0.2, -0.15) is 0 Å². The molecule has 3 rings (SSSR count). The van der Waals surface area contributed by atoms with Crippen molar-refractivity contribution in [3.05, 3.63) is 95.6 Å². The number of carboxylic acid groups (broad SMARTS) is 1. The van der Waals surface area contributed by atoms with E-state index < -0.39 is 5.97 Å². The molecule has 0 unspecified atom stereocenters. The molecular weight excluding hydrogens is 286 g/mol. The molecule has 114 valence electrons. The van der Waals surface area contributed by atoms with Crippen LogP contribution >= 0.6 is 0 Å². The second kappa shape index (κ2) is 6.79. The molecule has 0 aliphatic carbocycles. The van der Waals surface area contributed by atoms with E-state index in [0.29, 0.717) is 12.0 Å². The summed E-state index contributed by atoms with van der Waals surface area (Å²) in [6.07, 6.45) is 0.568. The van der Waals surface area contributed by atoms with Crippen LogP contribution in [0.4, 0.5) is 11.4 Å². The maximum absolute atomic E-state index is 11.6. The third-order valence-electron chi connectivity index (χ3n) is 3.68. The molecule has 0 aromatic heterocycles. The van der Waals surface area contributed by atoms with Gasteiger partial charge < -0.3 is 10.4 Å². The maximum Gasteiger partial charge on any atom is 0.336 e. The fraction of sp³-hybridized carbons (Fsp3) is 0.0500. The Balaban J connectivity index is 2.01. The number of aromatic carboxylic acids is 1. The van der Waals surface area contributed by atoms with Gasteiger partial charge in [0.25, 0.3) is 0 Å². The maximum atomic E-state index is 11.6. The van der Waals surface area contributed by atoms with Gasteiger partial charge in [-0.1, -0.05) is 54.6 Å². The minimum absolute atomic E-state index is 0.329. The van der Waals surface area contributed by atoms with Gasteiger partial charge in [-0.3, -0.25) is 0 Å². The molecule has 2 N–H and O–H groups in total. The summed E-state index contributed by atoms with van der Waals surface area (Å²) in [4.78, 5) is 11.6. The van der Waals surface area contributed by atoms with Crippen molar-refractivity contribution in [2.24, 2.45) is 0 Å². The molecule has 0 saturated heterocycles. The summed E-state index contributed by atoms with van der Waals surface area (Å²) in [5.74, 6) is -0.910. The quantitative estimate of drug-likeness (QED) is 0.717. The zero-order valence-corrected chi connectivity index (χ0v) is 12.6. The Labute approximate surface area is 135 Å². The van der Waals surface area contributed by atoms with Crippen LogP contribution in [0.5, 0.6) is 0 Å². The summed E-state index contributed by atoms with van der Waals surface area (Å²) in [7, 11) is 0. The Bertz CT molecular complexity index is 798. The summed E-state index contributed by atoms with van der Waals surface area (Å²) < 4.78 is 0. The van der Waals surface area contributed by atoms with E-state index in [1.807, 2.05) is 66.7 Å². The molecule has 0 saturated carbocycles. The Hall–Kier alpha value is -3.07. The topological polar surface area (TPSA) is 49.3 Å². The first-order chi connectivity index (χ1) is 11.2. The molecule has 0 amide bonds. The van der Waals surface area contributed by atoms with Gasteiger partial charge in [0, 0.05) is 17.8 Å². The molecule has 3 aromatic rings. The van der Waals surface area contributed by atoms with Crippen molar-refractivity contribution in [3.8, 4) is 0 Å². The smallest absolute Gasteiger partial charge is 0.336 e. The summed E-state index contributed by atoms with van der Waals surface area (Å²) >= 11 is 0. The number of rotatable bonds is 5. The van der Waals surface area contributed by atoms with Gasteiger partial charge in [0.15, 0.2) is 0 Å². The number of para-hydroxylation sites is 1. The van der Waals surface area contributed by atoms with Gasteiger partial charge in [-0.05, 0) is 35.4 Å². The summed E-state index contributed by atoms with van der Waals surface area (Å²) in [5, 5.41) is 12.8. The monoisotopic (exact) mass is 303 g/mol. The van der Waals surface area contributed by atoms with Gasteiger partial charge in [-0.25, -0.2) is 4.79 Å². The second-order valence-electron chi connectivity index (χ2n) is 5.29. The van der Waals surface area contributed by atoms with Crippen LogP contribution in [-0.4, -0.2) is 11.1 Å². The van der Waals surface area contributed by atoms with E-state index in [1.54, 1.807) is 12.1 Å². The van der Waals surface area contributed by atoms with Crippen molar-refractivity contribution in [3.63, 3.8) is 0 Å². The molecule has 3 nitrogen and oxygen atoms in total. The number of carbonyl (C=O) groups is 1. The second-order valence-corrected chi connectivity index (χ2v) is 5.29. The first kappa shape index (κ1) is 14.9. The lowest BCUT2D eigenvalue weighted by molar-refractivity contribution is 0.0696. The van der Waals surface area contributed by atoms with Crippen LogP contribution in [0, 0.1) is 0 Å². The number of benzene rings is 3. The van der Waals surface area contributed by atoms with E-state index in [4.69, 9.17) is 0 Å². The molecule has 0 spiro atoms. The van der Waals surface area contributed by atoms with E-state index in [0.717, 1.165) is 22.5 Å². The molecule has 23 heavy (non-hydrogen) atoms. The molecule has 0 aliphatic rings. The fourth-order valence-corrected chi connectivity index (χ4v) is 2.57. The van der Waals surface area contributed by atoms with Crippen molar-refractivity contribution in [1.82, 2.24) is 0 Å². The van der Waals surface area contributed by atoms with E-state index in [9.17, 15) is 9.90 Å². The van der Waals surface area contributed by atoms with Gasteiger partial charge in [0.1, 0.15) is 0 Å². The Morgan fingerprint density at radius 2 is 1.48 bits per heavy atom. The number of carboxylic acids is 1. The van der Waals surface area contributed by atoms with Crippen LogP contribution in [-0.2, 0) is 6.42 Å². The summed E-state index contributed by atoms with van der Waals surface area (Å²) in [6, 6.07) is 25.0. The van der Waals surface area contributed by atoms with Crippen LogP contribution < -0.4 is 5.32 Å². The average Bonchev–Trinajstić information content (AvgIpc) is 2.58. The van der Waals surface area contributed by atoms with Gasteiger partial charge in [0.05, 0.1) is 5.56 Å². The van der Waals surface area contributed by atoms with Gasteiger partial charge in [0.2, 0.25) is 0 Å². The van der Waals surface area contributed by atoms with Crippen LogP contribution in [0.1, 0.15) is 21.5 Å². The summed E-state index contributed by atoms with van der Waals surface area (Å²) in [5.41, 5.74) is 3.95. The van der Waals surface area contributed by atoms with Crippen molar-refractivity contribution in [1.29, 1.82) is 0 Å². The predicted octanol–water partition coefficient (Wildman–Crippen LogP) is 4.72. The zero-order chi connectivity index (χ0) is 16.1. The lowest BCUT2D eigenvalue weighted by atomic mass is 9.97. The highest BCUT2D eigenvalue weighted by Gasteiger charge is 2.14. The third kappa shape index (κ3) is 3.58. The normalized spacial score (nSPS) is 10.3. The van der Waals surface area contributed by atoms with Crippen LogP contribution in [0.15, 0.2) is 78.9 Å². The Morgan fingerprint density at radius 1 is 0.826 bits per heavy atom. The van der Waals surface area contributed by atoms with Crippen molar-refractivity contribution < 1.29 is 9.90 Å². The standard InChI is InChI=1S/C20H17NO2/c22-20(23)17-12-7-13-19(21-16-10-5-2-6-11-16)18(17)14-15-8-3-1-4-9-15/h1-13,21H,14H2,(H,22,23). The first-order valence-corrected chi connectivity index (χ1v) is 7.45. The largest absolute Gasteiger partial charge is 0.478 e. The lowest BCUT2D eigenvalue weighted by Crippen LogP contribution is -2.06. The molecule has 0 fully saturated rings. The predicted molar refractivity (Wildman–Crippen MR) is 92.4 cm³/mol. The summed E-state index contributed by atoms with van der Waals surface area (Å²) in [6.45, 7) is 0. The van der Waals surface area contributed by atoms with Crippen molar-refractivity contribution >= 4 is 17.3 Å². The lowest BCUT2D eigenvalue weighted by Gasteiger charge is -2.15. The number of hydrogen-bond acceptors (Lipinski definition) is 2. The Morgan fingerprint density at radius 3 is 2.13 bits per heavy atom. The van der Waals surface area contributed by atoms with Crippen molar-refractivity contribution in [2.45, 2.75) is 6.42 Å². The number of hydrogen-bond donors (Lipinski definition) is 2. The Kier molecular flexibility index (Phi) is 4.39. The number of anilines is 2. The van der Waals surface area contributed by atoms with E-state index >= 15 is 0 Å². The molecule has 0 bridgehead atoms. The first-order valence-electron chi connectivity index (χ1n) is 7.45. The SMILES string of the molecule is O=C(O)c1cccc(Nc2ccccc2)c1Cc1ccccc1. The molecule has 0 atom stereocenters. The van der Waals surface area contributed by atoms with Gasteiger partial charge >= 0.3 is 5.97 Å². The minimum atomic E-state index is -0.910. The zero-order valence-electron chi connectivity index (χ0n) is 12.6. The highest BCUT2D eigenvalue weighted by Crippen LogP contribution is 2.26.